The van der Waals surface area contributed by atoms with E-state index in [0.717, 1.165) is 102 Å². The van der Waals surface area contributed by atoms with E-state index in [4.69, 9.17) is 32.3 Å². The molecule has 0 heterocycles. The first-order valence-corrected chi connectivity index (χ1v) is 25.7. The van der Waals surface area contributed by atoms with Crippen molar-refractivity contribution in [1.82, 2.24) is 0 Å². The summed E-state index contributed by atoms with van der Waals surface area (Å²) >= 11 is 0. The van der Waals surface area contributed by atoms with E-state index < -0.39 is 17.6 Å². The second-order valence-electron chi connectivity index (χ2n) is 11.8. The molecule has 0 bridgehead atoms. The number of carbonyl (C=O) groups excluding carboxylic acids is 4. The Bertz CT molecular complexity index is 904. The Morgan fingerprint density at radius 1 is 0.417 bits per heavy atom. The smallest absolute Gasteiger partial charge is 0.374 e. The third-order valence-corrected chi connectivity index (χ3v) is 13.2. The van der Waals surface area contributed by atoms with Gasteiger partial charge in [0.2, 0.25) is 0 Å². The first-order chi connectivity index (χ1) is 29.2. The maximum absolute atomic E-state index is 9.72. The number of rotatable bonds is 35. The van der Waals surface area contributed by atoms with Crippen molar-refractivity contribution in [2.75, 3.05) is 80.9 Å². The molecule has 0 aliphatic carbocycles. The van der Waals surface area contributed by atoms with Crippen molar-refractivity contribution in [2.24, 2.45) is 31.4 Å². The quantitative estimate of drug-likeness (QED) is 0.0284. The van der Waals surface area contributed by atoms with Gasteiger partial charge in [-0.25, -0.2) is 0 Å². The minimum absolute atomic E-state index is 0.513. The van der Waals surface area contributed by atoms with Gasteiger partial charge in [-0.2, -0.15) is 0 Å². The molecule has 0 aromatic rings. The van der Waals surface area contributed by atoms with Gasteiger partial charge in [0.05, 0.1) is 0 Å². The molecule has 0 rings (SSSR count). The standard InChI is InChI=1S/C15H32N2O3Si.C9H23NO3Si.2C6H11NO.C5H8O2.CH5N/c1-5-18-21(19-6-2,20-7-3)15-11-14-17-13-10-8-9-12-16-4;1-4-11-14(12-5-2,13-6-3)9-7-8-10;2*1-7-5-3-2-4-6-8;6-4-2-1-3-5-7;1-2/h12-13H,5-11,14-15H2,1-4H3;4-10H2,1-3H3;2*5-6H,2-4H2,1H3;4-5H,1-3H2;2H2,1H3. The molecule has 0 aromatic carbocycles. The number of nitrogens with zero attached hydrogens (tertiary/aromatic N) is 4. The van der Waals surface area contributed by atoms with Crippen LogP contribution in [0.5, 0.6) is 0 Å². The lowest BCUT2D eigenvalue weighted by Gasteiger charge is -2.28. The molecule has 0 aromatic heterocycles. The molecule has 0 spiro atoms. The maximum Gasteiger partial charge on any atom is 0.500 e. The molecular weight excluding hydrogens is 805 g/mol. The zero-order valence-electron chi connectivity index (χ0n) is 39.6. The van der Waals surface area contributed by atoms with Crippen LogP contribution in [-0.2, 0) is 45.7 Å². The van der Waals surface area contributed by atoms with Crippen molar-refractivity contribution in [3.05, 3.63) is 0 Å². The number of aliphatic imine (C=N–C) groups is 4. The predicted octanol–water partition coefficient (Wildman–Crippen LogP) is 6.99. The minimum atomic E-state index is -2.47. The lowest BCUT2D eigenvalue weighted by Crippen LogP contribution is -2.46. The molecule has 0 saturated carbocycles. The Hall–Kier alpha value is -2.53. The Balaban J connectivity index is -0.000000161. The summed E-state index contributed by atoms with van der Waals surface area (Å²) in [4.78, 5) is 54.5. The highest BCUT2D eigenvalue weighted by Crippen LogP contribution is 2.19. The van der Waals surface area contributed by atoms with Crippen LogP contribution in [-0.4, -0.2) is 149 Å². The Morgan fingerprint density at radius 3 is 0.950 bits per heavy atom. The fourth-order valence-electron chi connectivity index (χ4n) is 4.45. The molecule has 0 unspecified atom stereocenters. The molecule has 0 aliphatic rings. The second-order valence-corrected chi connectivity index (χ2v) is 17.2. The second kappa shape index (κ2) is 65.6. The number of hydrogen-bond acceptors (Lipinski definition) is 16. The van der Waals surface area contributed by atoms with Gasteiger partial charge in [0.1, 0.15) is 25.1 Å². The van der Waals surface area contributed by atoms with Crippen molar-refractivity contribution < 1.29 is 45.7 Å². The fourth-order valence-corrected chi connectivity index (χ4v) is 9.68. The van der Waals surface area contributed by atoms with Crippen LogP contribution < -0.4 is 11.5 Å². The third kappa shape index (κ3) is 59.8. The van der Waals surface area contributed by atoms with Crippen LogP contribution in [0.15, 0.2) is 20.0 Å². The number of aldehydes is 4. The van der Waals surface area contributed by atoms with Crippen molar-refractivity contribution in [3.8, 4) is 0 Å². The molecule has 16 nitrogen and oxygen atoms in total. The summed E-state index contributed by atoms with van der Waals surface area (Å²) in [6.07, 6.45) is 22.9. The number of nitrogens with two attached hydrogens (primary N) is 2. The SMILES string of the molecule is CCO[Si](CCCN)(OCC)OCC.CCO[Si](CCCN=CCCCC=NC)(OCC)OCC.CN.CN=CCCCC=O.CN=CCCCC=O.O=CCCCC=O. The van der Waals surface area contributed by atoms with Gasteiger partial charge in [-0.3, -0.25) is 4.99 Å². The largest absolute Gasteiger partial charge is 0.500 e. The molecule has 4 N–H and O–H groups in total. The van der Waals surface area contributed by atoms with E-state index in [-0.39, 0.29) is 0 Å². The van der Waals surface area contributed by atoms with Gasteiger partial charge < -0.3 is 72.2 Å². The monoisotopic (exact) mass is 895 g/mol. The van der Waals surface area contributed by atoms with Crippen molar-refractivity contribution in [2.45, 2.75) is 144 Å². The topological polar surface area (TPSA) is 225 Å². The lowest BCUT2D eigenvalue weighted by atomic mass is 10.2. The fraction of sp³-hybridized carbons (Fsp3) is 0.810. The highest BCUT2D eigenvalue weighted by atomic mass is 28.4. The van der Waals surface area contributed by atoms with Gasteiger partial charge in [0.25, 0.3) is 0 Å². The Labute approximate surface area is 368 Å². The van der Waals surface area contributed by atoms with Crippen LogP contribution in [0.25, 0.3) is 0 Å². The molecule has 0 saturated heterocycles. The van der Waals surface area contributed by atoms with E-state index in [1.54, 1.807) is 21.1 Å². The van der Waals surface area contributed by atoms with Crippen LogP contribution in [0.4, 0.5) is 0 Å². The van der Waals surface area contributed by atoms with E-state index >= 15 is 0 Å². The van der Waals surface area contributed by atoms with Gasteiger partial charge in [0, 0.05) is 105 Å². The summed E-state index contributed by atoms with van der Waals surface area (Å²) in [6, 6.07) is 1.65. The van der Waals surface area contributed by atoms with E-state index in [1.807, 2.05) is 66.4 Å². The number of unbranched alkanes of at least 4 members (excludes halogenated alkanes) is 8. The highest BCUT2D eigenvalue weighted by Gasteiger charge is 2.40. The Kier molecular flexibility index (Phi) is 75.6. The molecule has 356 valence electrons. The van der Waals surface area contributed by atoms with Crippen LogP contribution in [0.1, 0.15) is 131 Å². The van der Waals surface area contributed by atoms with Crippen LogP contribution in [0.2, 0.25) is 12.1 Å². The zero-order valence-corrected chi connectivity index (χ0v) is 41.6. The zero-order chi connectivity index (χ0) is 46.7. The molecule has 0 amide bonds. The molecule has 18 heteroatoms. The van der Waals surface area contributed by atoms with Gasteiger partial charge in [-0.05, 0) is 144 Å². The first kappa shape index (κ1) is 69.2. The summed E-state index contributed by atoms with van der Waals surface area (Å²) in [5.41, 5.74) is 9.98. The summed E-state index contributed by atoms with van der Waals surface area (Å²) in [7, 11) is 1.91. The van der Waals surface area contributed by atoms with E-state index in [0.29, 0.717) is 78.3 Å². The summed E-state index contributed by atoms with van der Waals surface area (Å²) in [6.45, 7) is 17.1. The molecular formula is C42H90N6O10Si2. The summed E-state index contributed by atoms with van der Waals surface area (Å²) < 4.78 is 34.4. The van der Waals surface area contributed by atoms with Gasteiger partial charge in [-0.15, -0.1) is 0 Å². The number of carbonyl (C=O) groups is 4. The minimum Gasteiger partial charge on any atom is -0.374 e. The summed E-state index contributed by atoms with van der Waals surface area (Å²) in [5, 5.41) is 0. The summed E-state index contributed by atoms with van der Waals surface area (Å²) in [5.74, 6) is 0. The van der Waals surface area contributed by atoms with Gasteiger partial charge in [0.15, 0.2) is 0 Å². The molecule has 0 aliphatic heterocycles. The van der Waals surface area contributed by atoms with E-state index in [1.165, 1.54) is 7.05 Å². The molecule has 0 radical (unpaired) electrons. The average Bonchev–Trinajstić information content (AvgIpc) is 3.25. The number of hydrogen-bond donors (Lipinski definition) is 2. The highest BCUT2D eigenvalue weighted by molar-refractivity contribution is 6.61. The third-order valence-electron chi connectivity index (χ3n) is 6.94. The van der Waals surface area contributed by atoms with Gasteiger partial charge in [-0.1, -0.05) is 0 Å². The van der Waals surface area contributed by atoms with E-state index in [2.05, 4.69) is 25.7 Å². The maximum atomic E-state index is 9.72. The first-order valence-electron chi connectivity index (χ1n) is 21.8. The lowest BCUT2D eigenvalue weighted by molar-refractivity contribution is -0.109. The molecule has 60 heavy (non-hydrogen) atoms. The van der Waals surface area contributed by atoms with Crippen LogP contribution in [0.3, 0.4) is 0 Å². The predicted molar refractivity (Wildman–Crippen MR) is 256 cm³/mol. The van der Waals surface area contributed by atoms with Crippen LogP contribution in [0, 0.1) is 0 Å². The Morgan fingerprint density at radius 2 is 0.683 bits per heavy atom. The molecule has 0 fully saturated rings. The van der Waals surface area contributed by atoms with Crippen LogP contribution >= 0.6 is 0 Å². The van der Waals surface area contributed by atoms with Crippen molar-refractivity contribution in [1.29, 1.82) is 0 Å². The van der Waals surface area contributed by atoms with Gasteiger partial charge >= 0.3 is 17.6 Å². The van der Waals surface area contributed by atoms with Crippen molar-refractivity contribution in [3.63, 3.8) is 0 Å². The average molecular weight is 895 g/mol. The normalized spacial score (nSPS) is 11.0. The van der Waals surface area contributed by atoms with Crippen molar-refractivity contribution >= 4 is 67.6 Å². The molecule has 0 atom stereocenters. The van der Waals surface area contributed by atoms with E-state index in [9.17, 15) is 19.2 Å².